The van der Waals surface area contributed by atoms with Crippen molar-refractivity contribution in [2.75, 3.05) is 13.2 Å². The molecule has 0 saturated carbocycles. The maximum Gasteiger partial charge on any atom is 0.382 e. The highest BCUT2D eigenvalue weighted by Crippen LogP contribution is 2.54. The van der Waals surface area contributed by atoms with E-state index >= 15 is 0 Å². The summed E-state index contributed by atoms with van der Waals surface area (Å²) in [7, 11) is -3.94. The predicted octanol–water partition coefficient (Wildman–Crippen LogP) is 2.48. The molecule has 0 aliphatic rings. The van der Waals surface area contributed by atoms with Crippen LogP contribution in [0.3, 0.4) is 0 Å². The molecule has 118 valence electrons. The number of hydrogen-bond donors (Lipinski definition) is 0. The molecule has 0 amide bonds. The van der Waals surface area contributed by atoms with Crippen LogP contribution in [0.25, 0.3) is 0 Å². The summed E-state index contributed by atoms with van der Waals surface area (Å²) < 4.78 is 32.5. The van der Waals surface area contributed by atoms with Gasteiger partial charge in [0.1, 0.15) is 5.60 Å². The van der Waals surface area contributed by atoms with Crippen molar-refractivity contribution in [1.82, 2.24) is 0 Å². The molecule has 0 saturated heterocycles. The van der Waals surface area contributed by atoms with E-state index in [2.05, 4.69) is 0 Å². The third kappa shape index (κ3) is 6.50. The first-order chi connectivity index (χ1) is 9.05. The highest BCUT2D eigenvalue weighted by Gasteiger charge is 2.46. The van der Waals surface area contributed by atoms with Crippen LogP contribution < -0.4 is 0 Å². The van der Waals surface area contributed by atoms with Gasteiger partial charge in [0.05, 0.1) is 13.2 Å². The van der Waals surface area contributed by atoms with E-state index in [9.17, 15) is 14.2 Å². The summed E-state index contributed by atoms with van der Waals surface area (Å²) in [6, 6.07) is 0. The number of carbonyl (C=O) groups excluding carboxylic acids is 2. The SMILES string of the molecule is CCOP(=O)(OCC)[C@H](OC(C)=O)C(=O)OC(C)(C)C. The van der Waals surface area contributed by atoms with Crippen molar-refractivity contribution in [2.24, 2.45) is 0 Å². The first-order valence-corrected chi connectivity index (χ1v) is 7.95. The van der Waals surface area contributed by atoms with Gasteiger partial charge in [-0.05, 0) is 34.6 Å². The molecule has 8 heteroatoms. The van der Waals surface area contributed by atoms with E-state index in [4.69, 9.17) is 18.5 Å². The van der Waals surface area contributed by atoms with Crippen LogP contribution in [0.4, 0.5) is 0 Å². The van der Waals surface area contributed by atoms with Crippen LogP contribution >= 0.6 is 7.60 Å². The maximum atomic E-state index is 12.6. The Balaban J connectivity index is 5.34. The molecule has 20 heavy (non-hydrogen) atoms. The van der Waals surface area contributed by atoms with E-state index in [1.165, 1.54) is 0 Å². The lowest BCUT2D eigenvalue weighted by atomic mass is 10.2. The summed E-state index contributed by atoms with van der Waals surface area (Å²) in [4.78, 5) is 23.2. The Morgan fingerprint density at radius 1 is 1.10 bits per heavy atom. The van der Waals surface area contributed by atoms with Crippen molar-refractivity contribution in [2.45, 2.75) is 53.0 Å². The monoisotopic (exact) mass is 310 g/mol. The van der Waals surface area contributed by atoms with E-state index in [1.54, 1.807) is 34.6 Å². The molecule has 0 aromatic rings. The zero-order valence-electron chi connectivity index (χ0n) is 12.8. The molecule has 0 bridgehead atoms. The Labute approximate surface area is 119 Å². The maximum absolute atomic E-state index is 12.6. The highest BCUT2D eigenvalue weighted by molar-refractivity contribution is 7.55. The summed E-state index contributed by atoms with van der Waals surface area (Å²) in [5.41, 5.74) is -0.821. The van der Waals surface area contributed by atoms with Crippen molar-refractivity contribution < 1.29 is 32.7 Å². The summed E-state index contributed by atoms with van der Waals surface area (Å²) in [6.07, 6.45) is 0. The van der Waals surface area contributed by atoms with Crippen molar-refractivity contribution in [1.29, 1.82) is 0 Å². The lowest BCUT2D eigenvalue weighted by Crippen LogP contribution is -2.35. The molecule has 0 rings (SSSR count). The molecule has 0 spiro atoms. The summed E-state index contributed by atoms with van der Waals surface area (Å²) >= 11 is 0. The van der Waals surface area contributed by atoms with E-state index in [0.29, 0.717) is 0 Å². The van der Waals surface area contributed by atoms with Crippen molar-refractivity contribution in [3.05, 3.63) is 0 Å². The van der Waals surface area contributed by atoms with Crippen LogP contribution in [0.1, 0.15) is 41.5 Å². The first kappa shape index (κ1) is 19.1. The second-order valence-electron chi connectivity index (χ2n) is 4.87. The van der Waals surface area contributed by atoms with Gasteiger partial charge in [-0.2, -0.15) is 0 Å². The summed E-state index contributed by atoms with van der Waals surface area (Å²) in [5, 5.41) is 0. The van der Waals surface area contributed by atoms with Gasteiger partial charge in [-0.3, -0.25) is 9.36 Å². The van der Waals surface area contributed by atoms with Crippen LogP contribution in [0, 0.1) is 0 Å². The Hall–Kier alpha value is -0.910. The Bertz CT molecular complexity index is 376. The van der Waals surface area contributed by atoms with Gasteiger partial charge in [0, 0.05) is 6.92 Å². The smallest absolute Gasteiger partial charge is 0.382 e. The second-order valence-corrected chi connectivity index (χ2v) is 6.94. The molecular formula is C12H23O7P. The lowest BCUT2D eigenvalue weighted by molar-refractivity contribution is -0.170. The highest BCUT2D eigenvalue weighted by atomic mass is 31.2. The zero-order chi connectivity index (χ0) is 16.0. The Morgan fingerprint density at radius 2 is 1.55 bits per heavy atom. The molecule has 0 N–H and O–H groups in total. The van der Waals surface area contributed by atoms with Crippen LogP contribution in [0.15, 0.2) is 0 Å². The van der Waals surface area contributed by atoms with E-state index < -0.39 is 31.0 Å². The fourth-order valence-electron chi connectivity index (χ4n) is 1.28. The lowest BCUT2D eigenvalue weighted by Gasteiger charge is -2.27. The van der Waals surface area contributed by atoms with Gasteiger partial charge in [0.25, 0.3) is 5.85 Å². The van der Waals surface area contributed by atoms with Crippen molar-refractivity contribution >= 4 is 19.5 Å². The van der Waals surface area contributed by atoms with Crippen LogP contribution in [0.2, 0.25) is 0 Å². The van der Waals surface area contributed by atoms with Gasteiger partial charge < -0.3 is 18.5 Å². The molecule has 0 aromatic carbocycles. The standard InChI is InChI=1S/C12H23O7P/c1-7-16-20(15,17-8-2)11(18-9(3)13)10(14)19-12(4,5)6/h11H,7-8H2,1-6H3/t11-/m0/s1. The number of hydrogen-bond acceptors (Lipinski definition) is 7. The molecule has 0 aromatic heterocycles. The van der Waals surface area contributed by atoms with Crippen LogP contribution in [0.5, 0.6) is 0 Å². The first-order valence-electron chi connectivity index (χ1n) is 6.34. The number of ether oxygens (including phenoxy) is 2. The van der Waals surface area contributed by atoms with Crippen molar-refractivity contribution in [3.63, 3.8) is 0 Å². The quantitative estimate of drug-likeness (QED) is 0.527. The average Bonchev–Trinajstić information content (AvgIpc) is 2.23. The third-order valence-electron chi connectivity index (χ3n) is 1.79. The topological polar surface area (TPSA) is 88.1 Å². The van der Waals surface area contributed by atoms with Gasteiger partial charge >= 0.3 is 19.5 Å². The second kappa shape index (κ2) is 7.76. The summed E-state index contributed by atoms with van der Waals surface area (Å²) in [6.45, 7) is 9.28. The molecule has 0 unspecified atom stereocenters. The minimum atomic E-state index is -3.94. The van der Waals surface area contributed by atoms with Gasteiger partial charge in [-0.1, -0.05) is 0 Å². The molecule has 0 heterocycles. The fraction of sp³-hybridized carbons (Fsp3) is 0.833. The van der Waals surface area contributed by atoms with E-state index in [-0.39, 0.29) is 13.2 Å². The van der Waals surface area contributed by atoms with Gasteiger partial charge in [0.15, 0.2) is 0 Å². The molecule has 1 atom stereocenters. The molecule has 0 aliphatic heterocycles. The Kier molecular flexibility index (Phi) is 7.41. The minimum absolute atomic E-state index is 0.0395. The van der Waals surface area contributed by atoms with Gasteiger partial charge in [-0.15, -0.1) is 0 Å². The van der Waals surface area contributed by atoms with Gasteiger partial charge in [0.2, 0.25) is 0 Å². The largest absolute Gasteiger partial charge is 0.457 e. The number of rotatable bonds is 7. The van der Waals surface area contributed by atoms with E-state index in [1.807, 2.05) is 0 Å². The number of esters is 2. The zero-order valence-corrected chi connectivity index (χ0v) is 13.7. The average molecular weight is 310 g/mol. The van der Waals surface area contributed by atoms with E-state index in [0.717, 1.165) is 6.92 Å². The molecule has 0 radical (unpaired) electrons. The molecule has 7 nitrogen and oxygen atoms in total. The normalized spacial score (nSPS) is 13.7. The van der Waals surface area contributed by atoms with Crippen molar-refractivity contribution in [3.8, 4) is 0 Å². The van der Waals surface area contributed by atoms with Crippen LogP contribution in [-0.4, -0.2) is 36.6 Å². The predicted molar refractivity (Wildman–Crippen MR) is 72.3 cm³/mol. The third-order valence-corrected chi connectivity index (χ3v) is 3.92. The molecule has 0 fully saturated rings. The Morgan fingerprint density at radius 3 is 1.85 bits per heavy atom. The number of carbonyl (C=O) groups is 2. The minimum Gasteiger partial charge on any atom is -0.457 e. The molecule has 0 aliphatic carbocycles. The fourth-order valence-corrected chi connectivity index (χ4v) is 2.94. The molecular weight excluding hydrogens is 287 g/mol. The van der Waals surface area contributed by atoms with Crippen LogP contribution in [-0.2, 0) is 32.7 Å². The van der Waals surface area contributed by atoms with Gasteiger partial charge in [-0.25, -0.2) is 4.79 Å². The summed E-state index contributed by atoms with van der Waals surface area (Å²) in [5.74, 6) is -3.46.